The fourth-order valence-electron chi connectivity index (χ4n) is 5.12. The second-order valence-corrected chi connectivity index (χ2v) is 7.68. The summed E-state index contributed by atoms with van der Waals surface area (Å²) in [6.07, 6.45) is 9.18. The maximum atomic E-state index is 6.11. The van der Waals surface area contributed by atoms with Crippen molar-refractivity contribution in [2.45, 2.75) is 84.2 Å². The van der Waals surface area contributed by atoms with Gasteiger partial charge in [-0.05, 0) is 69.4 Å². The zero-order valence-corrected chi connectivity index (χ0v) is 14.7. The molecule has 0 spiro atoms. The number of hydrogen-bond donors (Lipinski definition) is 2. The third-order valence-electron chi connectivity index (χ3n) is 6.83. The molecule has 124 valence electrons. The molecule has 0 aromatic heterocycles. The zero-order valence-electron chi connectivity index (χ0n) is 14.7. The van der Waals surface area contributed by atoms with Gasteiger partial charge < -0.3 is 0 Å². The first-order valence-electron chi connectivity index (χ1n) is 9.30. The normalized spacial score (nSPS) is 33.3. The molecule has 1 saturated carbocycles. The van der Waals surface area contributed by atoms with Crippen LogP contribution in [0.3, 0.4) is 0 Å². The van der Waals surface area contributed by atoms with Crippen LogP contribution in [0.1, 0.15) is 72.6 Å². The van der Waals surface area contributed by atoms with Crippen LogP contribution in [-0.4, -0.2) is 29.6 Å². The predicted molar refractivity (Wildman–Crippen MR) is 90.9 cm³/mol. The summed E-state index contributed by atoms with van der Waals surface area (Å²) in [5.74, 6) is 8.57. The maximum absolute atomic E-state index is 6.11. The number of likely N-dealkylation sites (tertiary alicyclic amines) is 1. The lowest BCUT2D eigenvalue weighted by molar-refractivity contribution is 0.0175. The van der Waals surface area contributed by atoms with E-state index in [2.05, 4.69) is 38.0 Å². The smallest absolute Gasteiger partial charge is 0.0422 e. The van der Waals surface area contributed by atoms with Crippen molar-refractivity contribution < 1.29 is 0 Å². The third kappa shape index (κ3) is 3.30. The standard InChI is InChI=1S/C18H37N3/c1-5-18(6-2,21-11-7-8-12-21)17(20-19)16-10-9-14(3)15(4)13-16/h14-17,20H,5-13,19H2,1-4H3. The molecule has 3 nitrogen and oxygen atoms in total. The van der Waals surface area contributed by atoms with Gasteiger partial charge in [-0.3, -0.25) is 16.2 Å². The van der Waals surface area contributed by atoms with Crippen molar-refractivity contribution in [3.63, 3.8) is 0 Å². The van der Waals surface area contributed by atoms with Crippen molar-refractivity contribution >= 4 is 0 Å². The van der Waals surface area contributed by atoms with E-state index in [9.17, 15) is 0 Å². The second kappa shape index (κ2) is 7.43. The molecule has 0 amide bonds. The number of nitrogens with one attached hydrogen (secondary N) is 1. The number of hydrazine groups is 1. The highest BCUT2D eigenvalue weighted by atomic mass is 15.3. The highest BCUT2D eigenvalue weighted by Crippen LogP contribution is 2.41. The van der Waals surface area contributed by atoms with E-state index in [0.717, 1.165) is 17.8 Å². The molecular formula is C18H37N3. The minimum Gasteiger partial charge on any atom is -0.296 e. The van der Waals surface area contributed by atoms with E-state index >= 15 is 0 Å². The van der Waals surface area contributed by atoms with Crippen LogP contribution in [0.5, 0.6) is 0 Å². The van der Waals surface area contributed by atoms with Crippen LogP contribution in [0.4, 0.5) is 0 Å². The Bertz CT molecular complexity index is 308. The average Bonchev–Trinajstić information content (AvgIpc) is 3.02. The zero-order chi connectivity index (χ0) is 15.5. The highest BCUT2D eigenvalue weighted by molar-refractivity contribution is 5.03. The topological polar surface area (TPSA) is 41.3 Å². The van der Waals surface area contributed by atoms with Gasteiger partial charge in [-0.2, -0.15) is 0 Å². The van der Waals surface area contributed by atoms with Crippen molar-refractivity contribution in [1.82, 2.24) is 10.3 Å². The molecule has 1 aliphatic heterocycles. The molecule has 0 radical (unpaired) electrons. The molecule has 1 aliphatic carbocycles. The molecular weight excluding hydrogens is 258 g/mol. The molecule has 3 heteroatoms. The molecule has 21 heavy (non-hydrogen) atoms. The van der Waals surface area contributed by atoms with Gasteiger partial charge in [0, 0.05) is 11.6 Å². The van der Waals surface area contributed by atoms with Gasteiger partial charge >= 0.3 is 0 Å². The minimum atomic E-state index is 0.260. The number of nitrogens with zero attached hydrogens (tertiary/aromatic N) is 1. The lowest BCUT2D eigenvalue weighted by Gasteiger charge is -2.51. The summed E-state index contributed by atoms with van der Waals surface area (Å²) < 4.78 is 0. The Balaban J connectivity index is 2.19. The predicted octanol–water partition coefficient (Wildman–Crippen LogP) is 3.55. The van der Waals surface area contributed by atoms with Crippen molar-refractivity contribution in [3.05, 3.63) is 0 Å². The Hall–Kier alpha value is -0.120. The summed E-state index contributed by atoms with van der Waals surface area (Å²) in [4.78, 5) is 2.75. The van der Waals surface area contributed by atoms with Crippen molar-refractivity contribution in [2.75, 3.05) is 13.1 Å². The molecule has 1 heterocycles. The van der Waals surface area contributed by atoms with Gasteiger partial charge in [0.25, 0.3) is 0 Å². The summed E-state index contributed by atoms with van der Waals surface area (Å²) in [7, 11) is 0. The van der Waals surface area contributed by atoms with Crippen molar-refractivity contribution in [3.8, 4) is 0 Å². The van der Waals surface area contributed by atoms with Gasteiger partial charge in [-0.1, -0.05) is 34.1 Å². The van der Waals surface area contributed by atoms with E-state index in [1.807, 2.05) is 0 Å². The molecule has 2 fully saturated rings. The Morgan fingerprint density at radius 1 is 1.10 bits per heavy atom. The molecule has 4 atom stereocenters. The van der Waals surface area contributed by atoms with Crippen LogP contribution in [-0.2, 0) is 0 Å². The van der Waals surface area contributed by atoms with Crippen LogP contribution >= 0.6 is 0 Å². The quantitative estimate of drug-likeness (QED) is 0.581. The number of hydrogen-bond acceptors (Lipinski definition) is 3. The first kappa shape index (κ1) is 17.2. The Labute approximate surface area is 132 Å². The Morgan fingerprint density at radius 2 is 1.71 bits per heavy atom. The molecule has 3 N–H and O–H groups in total. The van der Waals surface area contributed by atoms with E-state index in [-0.39, 0.29) is 5.54 Å². The molecule has 4 unspecified atom stereocenters. The van der Waals surface area contributed by atoms with Crippen LogP contribution in [0.15, 0.2) is 0 Å². The largest absolute Gasteiger partial charge is 0.296 e. The summed E-state index contributed by atoms with van der Waals surface area (Å²) in [5.41, 5.74) is 3.55. The Morgan fingerprint density at radius 3 is 2.19 bits per heavy atom. The van der Waals surface area contributed by atoms with Crippen LogP contribution in [0.25, 0.3) is 0 Å². The summed E-state index contributed by atoms with van der Waals surface area (Å²) in [5, 5.41) is 0. The van der Waals surface area contributed by atoms with Crippen molar-refractivity contribution in [1.29, 1.82) is 0 Å². The molecule has 2 rings (SSSR count). The SMILES string of the molecule is CCC(CC)(C(NN)C1CCC(C)C(C)C1)N1CCCC1. The van der Waals surface area contributed by atoms with E-state index in [1.165, 1.54) is 58.0 Å². The van der Waals surface area contributed by atoms with Crippen LogP contribution in [0, 0.1) is 17.8 Å². The highest BCUT2D eigenvalue weighted by Gasteiger charge is 2.46. The fraction of sp³-hybridized carbons (Fsp3) is 1.00. The van der Waals surface area contributed by atoms with Gasteiger partial charge in [0.2, 0.25) is 0 Å². The lowest BCUT2D eigenvalue weighted by atomic mass is 9.67. The summed E-state index contributed by atoms with van der Waals surface area (Å²) in [6.45, 7) is 12.1. The van der Waals surface area contributed by atoms with Gasteiger partial charge in [-0.25, -0.2) is 0 Å². The van der Waals surface area contributed by atoms with Gasteiger partial charge in [-0.15, -0.1) is 0 Å². The van der Waals surface area contributed by atoms with Crippen molar-refractivity contribution in [2.24, 2.45) is 23.6 Å². The molecule has 0 aromatic carbocycles. The number of nitrogens with two attached hydrogens (primary N) is 1. The average molecular weight is 296 g/mol. The molecule has 2 aliphatic rings. The fourth-order valence-corrected chi connectivity index (χ4v) is 5.12. The number of rotatable bonds is 6. The minimum absolute atomic E-state index is 0.260. The van der Waals surface area contributed by atoms with E-state index in [0.29, 0.717) is 6.04 Å². The summed E-state index contributed by atoms with van der Waals surface area (Å²) >= 11 is 0. The summed E-state index contributed by atoms with van der Waals surface area (Å²) in [6, 6.07) is 0.445. The van der Waals surface area contributed by atoms with Crippen LogP contribution < -0.4 is 11.3 Å². The van der Waals surface area contributed by atoms with E-state index < -0.39 is 0 Å². The second-order valence-electron chi connectivity index (χ2n) is 7.68. The van der Waals surface area contributed by atoms with Gasteiger partial charge in [0.1, 0.15) is 0 Å². The Kier molecular flexibility index (Phi) is 6.10. The molecule has 0 bridgehead atoms. The maximum Gasteiger partial charge on any atom is 0.0422 e. The van der Waals surface area contributed by atoms with E-state index in [4.69, 9.17) is 5.84 Å². The van der Waals surface area contributed by atoms with Gasteiger partial charge in [0.15, 0.2) is 0 Å². The van der Waals surface area contributed by atoms with Crippen LogP contribution in [0.2, 0.25) is 0 Å². The van der Waals surface area contributed by atoms with E-state index in [1.54, 1.807) is 0 Å². The molecule has 1 saturated heterocycles. The first-order valence-corrected chi connectivity index (χ1v) is 9.30. The first-order chi connectivity index (χ1) is 10.1. The third-order valence-corrected chi connectivity index (χ3v) is 6.83. The molecule has 0 aromatic rings. The monoisotopic (exact) mass is 295 g/mol. The lowest BCUT2D eigenvalue weighted by Crippen LogP contribution is -2.64. The van der Waals surface area contributed by atoms with Gasteiger partial charge in [0.05, 0.1) is 0 Å².